The van der Waals surface area contributed by atoms with Gasteiger partial charge in [-0.25, -0.2) is 4.79 Å². The predicted octanol–water partition coefficient (Wildman–Crippen LogP) is 4.37. The van der Waals surface area contributed by atoms with Crippen LogP contribution in [0.4, 0.5) is 0 Å². The first kappa shape index (κ1) is 16.0. The fourth-order valence-corrected chi connectivity index (χ4v) is 2.77. The molecule has 0 amide bonds. The summed E-state index contributed by atoms with van der Waals surface area (Å²) in [5, 5.41) is 10.0. The van der Waals surface area contributed by atoms with Gasteiger partial charge in [0, 0.05) is 17.1 Å². The summed E-state index contributed by atoms with van der Waals surface area (Å²) in [6.45, 7) is 5.55. The molecule has 0 aliphatic rings. The molecule has 1 heterocycles. The topological polar surface area (TPSA) is 59.4 Å². The first-order valence-electron chi connectivity index (χ1n) is 7.82. The molecular formula is C20H19NO3. The smallest absolute Gasteiger partial charge is 0.344 e. The lowest BCUT2D eigenvalue weighted by molar-refractivity contribution is -0.144. The number of benzene rings is 2. The summed E-state index contributed by atoms with van der Waals surface area (Å²) < 4.78 is 5.45. The Balaban J connectivity index is 2.13. The lowest BCUT2D eigenvalue weighted by Crippen LogP contribution is -2.22. The molecule has 3 aromatic rings. The number of fused-ring (bicyclic) bond motifs is 1. The first-order chi connectivity index (χ1) is 11.5. The van der Waals surface area contributed by atoms with Crippen LogP contribution in [0.5, 0.6) is 5.75 Å². The van der Waals surface area contributed by atoms with E-state index in [2.05, 4.69) is 30.1 Å². The monoisotopic (exact) mass is 321 g/mol. The van der Waals surface area contributed by atoms with Crippen molar-refractivity contribution < 1.29 is 14.6 Å². The minimum Gasteiger partial charge on any atom is -0.479 e. The molecule has 1 aromatic heterocycles. The molecule has 0 spiro atoms. The van der Waals surface area contributed by atoms with Crippen molar-refractivity contribution in [2.75, 3.05) is 0 Å². The molecule has 0 aliphatic heterocycles. The molecule has 1 atom stereocenters. The highest BCUT2D eigenvalue weighted by atomic mass is 16.5. The Morgan fingerprint density at radius 1 is 1.08 bits per heavy atom. The van der Waals surface area contributed by atoms with Crippen LogP contribution in [0.15, 0.2) is 48.5 Å². The number of rotatable bonds is 4. The lowest BCUT2D eigenvalue weighted by Gasteiger charge is -2.14. The summed E-state index contributed by atoms with van der Waals surface area (Å²) in [6.07, 6.45) is -0.900. The fraction of sp³-hybridized carbons (Fsp3) is 0.200. The molecule has 3 rings (SSSR count). The number of hydrogen-bond acceptors (Lipinski definition) is 3. The van der Waals surface area contributed by atoms with Crippen LogP contribution >= 0.6 is 0 Å². The Kier molecular flexibility index (Phi) is 4.21. The van der Waals surface area contributed by atoms with E-state index in [1.807, 2.05) is 25.1 Å². The van der Waals surface area contributed by atoms with E-state index in [-0.39, 0.29) is 0 Å². The molecular weight excluding hydrogens is 302 g/mol. The van der Waals surface area contributed by atoms with E-state index >= 15 is 0 Å². The number of aromatic nitrogens is 1. The Hall–Kier alpha value is -2.88. The molecule has 0 aliphatic carbocycles. The zero-order valence-corrected chi connectivity index (χ0v) is 13.9. The van der Waals surface area contributed by atoms with Gasteiger partial charge in [-0.2, -0.15) is 0 Å². The minimum absolute atomic E-state index is 0.506. The van der Waals surface area contributed by atoms with Crippen molar-refractivity contribution >= 4 is 16.9 Å². The van der Waals surface area contributed by atoms with Crippen LogP contribution in [-0.4, -0.2) is 22.2 Å². The first-order valence-corrected chi connectivity index (χ1v) is 7.82. The number of carboxylic acids is 1. The second kappa shape index (κ2) is 6.32. The van der Waals surface area contributed by atoms with Gasteiger partial charge in [0.25, 0.3) is 0 Å². The third kappa shape index (κ3) is 3.08. The van der Waals surface area contributed by atoms with Crippen molar-refractivity contribution in [1.29, 1.82) is 0 Å². The van der Waals surface area contributed by atoms with Gasteiger partial charge in [-0.3, -0.25) is 4.98 Å². The van der Waals surface area contributed by atoms with Crippen LogP contribution in [-0.2, 0) is 4.79 Å². The van der Waals surface area contributed by atoms with Crippen molar-refractivity contribution in [2.24, 2.45) is 0 Å². The Labute approximate surface area is 140 Å². The molecule has 4 nitrogen and oxygen atoms in total. The molecule has 24 heavy (non-hydrogen) atoms. The van der Waals surface area contributed by atoms with Crippen molar-refractivity contribution in [3.8, 4) is 16.9 Å². The zero-order valence-electron chi connectivity index (χ0n) is 13.9. The van der Waals surface area contributed by atoms with Crippen molar-refractivity contribution in [3.63, 3.8) is 0 Å². The van der Waals surface area contributed by atoms with Gasteiger partial charge in [-0.05, 0) is 55.7 Å². The number of pyridine rings is 1. The lowest BCUT2D eigenvalue weighted by atomic mass is 9.96. The zero-order chi connectivity index (χ0) is 17.3. The van der Waals surface area contributed by atoms with Gasteiger partial charge in [0.15, 0.2) is 6.10 Å². The third-order valence-electron chi connectivity index (χ3n) is 4.01. The molecule has 2 aromatic carbocycles. The summed E-state index contributed by atoms with van der Waals surface area (Å²) in [5.41, 5.74) is 5.19. The van der Waals surface area contributed by atoms with E-state index in [0.717, 1.165) is 22.2 Å². The summed E-state index contributed by atoms with van der Waals surface area (Å²) >= 11 is 0. The van der Waals surface area contributed by atoms with Crippen molar-refractivity contribution in [1.82, 2.24) is 4.98 Å². The molecule has 0 bridgehead atoms. The van der Waals surface area contributed by atoms with Gasteiger partial charge < -0.3 is 9.84 Å². The number of carboxylic acid groups (broad SMARTS) is 1. The summed E-state index contributed by atoms with van der Waals surface area (Å²) in [4.78, 5) is 15.5. The van der Waals surface area contributed by atoms with Gasteiger partial charge in [0.1, 0.15) is 5.75 Å². The van der Waals surface area contributed by atoms with Gasteiger partial charge in [0.2, 0.25) is 0 Å². The Morgan fingerprint density at radius 3 is 2.54 bits per heavy atom. The third-order valence-corrected chi connectivity index (χ3v) is 4.01. The van der Waals surface area contributed by atoms with Crippen LogP contribution < -0.4 is 4.74 Å². The van der Waals surface area contributed by atoms with Crippen LogP contribution in [0, 0.1) is 13.8 Å². The number of carbonyl (C=O) groups is 1. The van der Waals surface area contributed by atoms with E-state index in [0.29, 0.717) is 5.75 Å². The van der Waals surface area contributed by atoms with Gasteiger partial charge in [-0.15, -0.1) is 0 Å². The van der Waals surface area contributed by atoms with Gasteiger partial charge in [0.05, 0.1) is 5.52 Å². The largest absolute Gasteiger partial charge is 0.479 e. The summed E-state index contributed by atoms with van der Waals surface area (Å²) in [5.74, 6) is -0.487. The van der Waals surface area contributed by atoms with Gasteiger partial charge >= 0.3 is 5.97 Å². The van der Waals surface area contributed by atoms with E-state index < -0.39 is 12.1 Å². The number of aryl methyl sites for hydroxylation is 2. The molecule has 4 heteroatoms. The normalized spacial score (nSPS) is 12.1. The second-order valence-corrected chi connectivity index (χ2v) is 5.90. The highest BCUT2D eigenvalue weighted by molar-refractivity contribution is 5.96. The Morgan fingerprint density at radius 2 is 1.83 bits per heavy atom. The van der Waals surface area contributed by atoms with Crippen molar-refractivity contribution in [3.05, 3.63) is 59.8 Å². The van der Waals surface area contributed by atoms with Crippen LogP contribution in [0.25, 0.3) is 22.0 Å². The van der Waals surface area contributed by atoms with E-state index in [1.54, 1.807) is 12.1 Å². The maximum atomic E-state index is 11.0. The van der Waals surface area contributed by atoms with Crippen LogP contribution in [0.3, 0.4) is 0 Å². The molecule has 0 unspecified atom stereocenters. The molecule has 0 saturated carbocycles. The number of hydrogen-bond donors (Lipinski definition) is 1. The summed E-state index contributed by atoms with van der Waals surface area (Å²) in [6, 6.07) is 15.8. The molecule has 0 fully saturated rings. The van der Waals surface area contributed by atoms with E-state index in [1.165, 1.54) is 18.1 Å². The van der Waals surface area contributed by atoms with Gasteiger partial charge in [-0.1, -0.05) is 24.3 Å². The van der Waals surface area contributed by atoms with Crippen molar-refractivity contribution in [2.45, 2.75) is 26.9 Å². The van der Waals surface area contributed by atoms with Crippen LogP contribution in [0.1, 0.15) is 18.2 Å². The highest BCUT2D eigenvalue weighted by Crippen LogP contribution is 2.32. The molecule has 122 valence electrons. The maximum Gasteiger partial charge on any atom is 0.344 e. The maximum absolute atomic E-state index is 11.0. The number of nitrogens with zero attached hydrogens (tertiary/aromatic N) is 1. The fourth-order valence-electron chi connectivity index (χ4n) is 2.77. The quantitative estimate of drug-likeness (QED) is 0.775. The molecule has 1 N–H and O–H groups in total. The van der Waals surface area contributed by atoms with E-state index in [4.69, 9.17) is 9.84 Å². The number of aliphatic carboxylic acids is 1. The van der Waals surface area contributed by atoms with Crippen LogP contribution in [0.2, 0.25) is 0 Å². The second-order valence-electron chi connectivity index (χ2n) is 5.90. The SMILES string of the molecule is Cc1cc(-c2ccccc2C)c2ccc(O[C@H](C)C(=O)O)cc2n1. The predicted molar refractivity (Wildman–Crippen MR) is 94.4 cm³/mol. The average Bonchev–Trinajstić information content (AvgIpc) is 2.54. The highest BCUT2D eigenvalue weighted by Gasteiger charge is 2.14. The molecule has 0 radical (unpaired) electrons. The Bertz CT molecular complexity index is 918. The molecule has 0 saturated heterocycles. The average molecular weight is 321 g/mol. The van der Waals surface area contributed by atoms with E-state index in [9.17, 15) is 4.79 Å². The standard InChI is InChI=1S/C20H19NO3/c1-12-6-4-5-7-16(12)18-10-13(2)21-19-11-15(8-9-17(18)19)24-14(3)20(22)23/h4-11,14H,1-3H3,(H,22,23)/t14-/m1/s1. The minimum atomic E-state index is -0.993. The summed E-state index contributed by atoms with van der Waals surface area (Å²) in [7, 11) is 0. The number of ether oxygens (including phenoxy) is 1.